The molecule has 0 aliphatic carbocycles. The molecule has 2 amide bonds. The molecule has 0 fully saturated rings. The van der Waals surface area contributed by atoms with E-state index >= 15 is 4.39 Å². The number of aromatic nitrogens is 2. The first-order chi connectivity index (χ1) is 24.8. The number of amides is 2. The lowest BCUT2D eigenvalue weighted by atomic mass is 9.39. The van der Waals surface area contributed by atoms with E-state index in [0.29, 0.717) is 17.0 Å². The molecule has 0 radical (unpaired) electrons. The number of alkyl halides is 2. The molecular weight excluding hydrogens is 711 g/mol. The Labute approximate surface area is 310 Å². The summed E-state index contributed by atoms with van der Waals surface area (Å²) in [5.74, 6) is -3.99. The minimum Gasteiger partial charge on any atom is -0.489 e. The van der Waals surface area contributed by atoms with E-state index < -0.39 is 52.6 Å². The Morgan fingerprint density at radius 3 is 2.42 bits per heavy atom. The maximum Gasteiger partial charge on any atom is 0.387 e. The molecule has 2 atom stereocenters. The van der Waals surface area contributed by atoms with Crippen LogP contribution >= 0.6 is 11.6 Å². The standard InChI is InChI=1S/C35H31B4ClF4N4O5/c1-33(31(45)50)14-52-28-19(33)11-25(47-27(28)18-10-21(40)23(42)12-22(18)41)34(51,17-5-3-2-4-6-17)13-46-30(49)16-7-15-8-20(35(37,38)39)29(36)48-26(15)24(9-16)53-32(43)44/h2-12,32,51H,13-14,36-39H2,1H3,(H2,45,50)(H,46,49)/t33-,34+/m0/s1. The van der Waals surface area contributed by atoms with Gasteiger partial charge in [0.1, 0.15) is 46.2 Å². The highest BCUT2D eigenvalue weighted by Crippen LogP contribution is 2.47. The van der Waals surface area contributed by atoms with Gasteiger partial charge in [-0.15, -0.1) is 0 Å². The molecule has 268 valence electrons. The van der Waals surface area contributed by atoms with Crippen molar-refractivity contribution in [1.29, 1.82) is 0 Å². The number of hydrogen-bond donors (Lipinski definition) is 3. The number of pyridine rings is 2. The highest BCUT2D eigenvalue weighted by Gasteiger charge is 2.46. The molecule has 3 heterocycles. The average molecular weight is 742 g/mol. The van der Waals surface area contributed by atoms with Crippen LogP contribution in [0.2, 0.25) is 5.02 Å². The summed E-state index contributed by atoms with van der Waals surface area (Å²) in [7, 11) is 7.66. The summed E-state index contributed by atoms with van der Waals surface area (Å²) in [6, 6.07) is 15.4. The lowest BCUT2D eigenvalue weighted by molar-refractivity contribution is -0.123. The molecule has 3 aromatic carbocycles. The Kier molecular flexibility index (Phi) is 9.80. The number of nitrogens with zero attached hydrogens (tertiary/aromatic N) is 2. The van der Waals surface area contributed by atoms with Crippen LogP contribution in [0, 0.1) is 11.6 Å². The number of hydrogen-bond acceptors (Lipinski definition) is 7. The molecule has 53 heavy (non-hydrogen) atoms. The van der Waals surface area contributed by atoms with Crippen LogP contribution in [0.15, 0.2) is 66.7 Å². The van der Waals surface area contributed by atoms with Gasteiger partial charge in [0.2, 0.25) is 5.91 Å². The van der Waals surface area contributed by atoms with Gasteiger partial charge in [-0.1, -0.05) is 58.7 Å². The van der Waals surface area contributed by atoms with Crippen molar-refractivity contribution < 1.29 is 41.7 Å². The van der Waals surface area contributed by atoms with Gasteiger partial charge in [-0.3, -0.25) is 14.6 Å². The van der Waals surface area contributed by atoms with Gasteiger partial charge < -0.3 is 25.6 Å². The predicted molar refractivity (Wildman–Crippen MR) is 202 cm³/mol. The molecule has 0 saturated carbocycles. The van der Waals surface area contributed by atoms with Gasteiger partial charge in [0.15, 0.2) is 13.6 Å². The number of benzene rings is 3. The van der Waals surface area contributed by atoms with Gasteiger partial charge in [-0.25, -0.2) is 13.8 Å². The normalized spacial score (nSPS) is 16.5. The number of carbonyl (C=O) groups excluding carboxylic acids is 2. The minimum atomic E-state index is -3.21. The fraction of sp³-hybridized carbons (Fsp3) is 0.200. The van der Waals surface area contributed by atoms with E-state index in [2.05, 4.69) is 15.3 Å². The summed E-state index contributed by atoms with van der Waals surface area (Å²) in [5.41, 5.74) is 3.38. The largest absolute Gasteiger partial charge is 0.489 e. The first-order valence-corrected chi connectivity index (χ1v) is 16.8. The van der Waals surface area contributed by atoms with Crippen molar-refractivity contribution >= 4 is 71.3 Å². The van der Waals surface area contributed by atoms with Gasteiger partial charge in [0.05, 0.1) is 40.8 Å². The molecule has 6 rings (SSSR count). The van der Waals surface area contributed by atoms with E-state index in [9.17, 15) is 27.9 Å². The zero-order valence-corrected chi connectivity index (χ0v) is 30.0. The van der Waals surface area contributed by atoms with E-state index in [-0.39, 0.29) is 62.4 Å². The smallest absolute Gasteiger partial charge is 0.387 e. The van der Waals surface area contributed by atoms with Gasteiger partial charge in [-0.05, 0) is 42.3 Å². The number of rotatable bonds is 10. The zero-order chi connectivity index (χ0) is 38.6. The van der Waals surface area contributed by atoms with Crippen LogP contribution in [-0.4, -0.2) is 78.0 Å². The van der Waals surface area contributed by atoms with E-state index in [4.69, 9.17) is 26.8 Å². The molecule has 9 nitrogen and oxygen atoms in total. The summed E-state index contributed by atoms with van der Waals surface area (Å²) in [6.07, 6.45) is 0. The molecule has 18 heteroatoms. The molecule has 0 unspecified atom stereocenters. The molecule has 2 aromatic heterocycles. The molecule has 1 aliphatic heterocycles. The van der Waals surface area contributed by atoms with Crippen LogP contribution in [0.1, 0.15) is 39.7 Å². The number of aliphatic hydroxyl groups is 1. The summed E-state index contributed by atoms with van der Waals surface area (Å²) < 4.78 is 67.4. The Morgan fingerprint density at radius 1 is 1.08 bits per heavy atom. The first-order valence-electron chi connectivity index (χ1n) is 16.4. The first kappa shape index (κ1) is 37.7. The third kappa shape index (κ3) is 6.95. The van der Waals surface area contributed by atoms with E-state index in [1.54, 1.807) is 44.2 Å². The van der Waals surface area contributed by atoms with E-state index in [1.165, 1.54) is 19.1 Å². The van der Waals surface area contributed by atoms with Crippen molar-refractivity contribution in [2.75, 3.05) is 13.2 Å². The van der Waals surface area contributed by atoms with E-state index in [1.807, 2.05) is 23.5 Å². The lowest BCUT2D eigenvalue weighted by Crippen LogP contribution is -2.43. The van der Waals surface area contributed by atoms with E-state index in [0.717, 1.165) is 17.7 Å². The second-order valence-electron chi connectivity index (χ2n) is 14.2. The van der Waals surface area contributed by atoms with Crippen LogP contribution in [0.4, 0.5) is 17.6 Å². The Balaban J connectivity index is 1.49. The number of primary amides is 1. The van der Waals surface area contributed by atoms with Crippen LogP contribution in [0.5, 0.6) is 11.5 Å². The Bertz CT molecular complexity index is 2300. The van der Waals surface area contributed by atoms with Crippen molar-refractivity contribution in [1.82, 2.24) is 15.3 Å². The third-order valence-electron chi connectivity index (χ3n) is 9.42. The number of fused-ring (bicyclic) bond motifs is 2. The van der Waals surface area contributed by atoms with Gasteiger partial charge in [0.25, 0.3) is 5.91 Å². The molecular formula is C35H31B4ClF4N4O5. The summed E-state index contributed by atoms with van der Waals surface area (Å²) in [6.45, 7) is -2.51. The molecule has 0 spiro atoms. The molecule has 1 aliphatic rings. The maximum absolute atomic E-state index is 15.4. The summed E-state index contributed by atoms with van der Waals surface area (Å²) in [4.78, 5) is 35.8. The lowest BCUT2D eigenvalue weighted by Gasteiger charge is -2.30. The molecule has 4 N–H and O–H groups in total. The number of carbonyl (C=O) groups is 2. The second kappa shape index (κ2) is 13.8. The van der Waals surface area contributed by atoms with Crippen molar-refractivity contribution in [3.63, 3.8) is 0 Å². The maximum atomic E-state index is 15.4. The highest BCUT2D eigenvalue weighted by molar-refractivity contribution is 6.60. The van der Waals surface area contributed by atoms with Gasteiger partial charge in [-0.2, -0.15) is 8.78 Å². The summed E-state index contributed by atoms with van der Waals surface area (Å²) in [5, 5.41) is 14.8. The fourth-order valence-corrected chi connectivity index (χ4v) is 6.64. The SMILES string of the molecule is Bc1nc2c(OC(F)F)cc(C(=O)NC[C@@](O)(c3ccccc3)c3cc4c(c(-c5cc(Cl)c(F)cc5F)n3)OC[C@]4(C)C(N)=O)cc2cc1C(B)(B)B. The van der Waals surface area contributed by atoms with Crippen LogP contribution < -0.4 is 26.1 Å². The fourth-order valence-electron chi connectivity index (χ4n) is 6.47. The van der Waals surface area contributed by atoms with Crippen molar-refractivity contribution in [3.8, 4) is 22.8 Å². The quantitative estimate of drug-likeness (QED) is 0.110. The summed E-state index contributed by atoms with van der Waals surface area (Å²) >= 11 is 6.04. The molecule has 0 saturated heterocycles. The third-order valence-corrected chi connectivity index (χ3v) is 9.71. The van der Waals surface area contributed by atoms with Crippen LogP contribution in [-0.2, 0) is 20.9 Å². The number of nitrogens with one attached hydrogen (secondary N) is 1. The van der Waals surface area contributed by atoms with Crippen molar-refractivity contribution in [2.45, 2.75) is 29.7 Å². The Hall–Kier alpha value is -5.01. The number of ether oxygens (including phenoxy) is 2. The second-order valence-corrected chi connectivity index (χ2v) is 14.6. The van der Waals surface area contributed by atoms with Crippen LogP contribution in [0.25, 0.3) is 22.2 Å². The molecule has 0 bridgehead atoms. The monoisotopic (exact) mass is 742 g/mol. The van der Waals surface area contributed by atoms with Crippen molar-refractivity contribution in [3.05, 3.63) is 111 Å². The molecule has 5 aromatic rings. The zero-order valence-electron chi connectivity index (χ0n) is 29.3. The highest BCUT2D eigenvalue weighted by atomic mass is 35.5. The Morgan fingerprint density at radius 2 is 1.77 bits per heavy atom. The average Bonchev–Trinajstić information content (AvgIpc) is 3.45. The topological polar surface area (TPSA) is 137 Å². The van der Waals surface area contributed by atoms with Crippen molar-refractivity contribution in [2.24, 2.45) is 5.73 Å². The van der Waals surface area contributed by atoms with Crippen LogP contribution in [0.3, 0.4) is 0 Å². The number of halogens is 5. The minimum absolute atomic E-state index is 0.0303. The van der Waals surface area contributed by atoms with Gasteiger partial charge in [0, 0.05) is 28.1 Å². The number of nitrogens with two attached hydrogens (primary N) is 1. The van der Waals surface area contributed by atoms with Gasteiger partial charge >= 0.3 is 6.61 Å². The predicted octanol–water partition coefficient (Wildman–Crippen LogP) is 0.899.